The van der Waals surface area contributed by atoms with Gasteiger partial charge >= 0.3 is 0 Å². The first-order valence-corrected chi connectivity index (χ1v) is 17.3. The number of rotatable bonds is 1. The molecule has 0 aromatic heterocycles. The average Bonchev–Trinajstić information content (AvgIpc) is 3.15. The molecule has 0 amide bonds. The van der Waals surface area contributed by atoms with Crippen molar-refractivity contribution in [2.24, 2.45) is 0 Å². The molecule has 6 aromatic rings. The third-order valence-electron chi connectivity index (χ3n) is 12.0. The van der Waals surface area contributed by atoms with E-state index in [2.05, 4.69) is 32.5 Å². The van der Waals surface area contributed by atoms with Crippen molar-refractivity contribution in [3.63, 3.8) is 0 Å². The van der Waals surface area contributed by atoms with Crippen LogP contribution in [0.2, 0.25) is 0 Å². The van der Waals surface area contributed by atoms with Gasteiger partial charge in [-0.1, -0.05) is 48.5 Å². The maximum absolute atomic E-state index is 12.6. The maximum Gasteiger partial charge on any atom is 0.270 e. The predicted molar refractivity (Wildman–Crippen MR) is 196 cm³/mol. The SMILES string of the molecule is [C-]#[N+]C(C#N)=C1C(c2c3cccc4c3c3c5c(ccc(O)c25)CCN3CC4)=C(O)/C1=c1\c2cccc3c2c2c4c(ccc(O)c14)CC[N+]=2CC3. The van der Waals surface area contributed by atoms with E-state index in [0.717, 1.165) is 106 Å². The largest absolute Gasteiger partial charge is 0.507 e. The van der Waals surface area contributed by atoms with Gasteiger partial charge in [-0.15, -0.1) is 0 Å². The Morgan fingerprint density at radius 1 is 0.700 bits per heavy atom. The second-order valence-electron chi connectivity index (χ2n) is 14.1. The number of aliphatic hydroxyl groups is 1. The van der Waals surface area contributed by atoms with E-state index in [1.807, 2.05) is 36.4 Å². The first kappa shape index (κ1) is 27.6. The van der Waals surface area contributed by atoms with Gasteiger partial charge < -0.3 is 20.2 Å². The Morgan fingerprint density at radius 2 is 1.34 bits per heavy atom. The van der Waals surface area contributed by atoms with Crippen LogP contribution in [-0.4, -0.2) is 41.5 Å². The standard InChI is InChI=1S/C43H28N4O3/c1-45-27(20-44)36-39(34-25-6-2-4-21-12-16-46-18-14-23-8-10-28(48)37(34)32(23)41(46)30(21)25)43(50)40(36)35-26-7-3-5-22-13-17-47-19-15-24-9-11-29(49)38(35)33(24)42(47)31(22)26/h2-11H,12-19H2,(H2-,48,49,50)/p+1. The fraction of sp³-hybridized carbons (Fsp3) is 0.186. The highest BCUT2D eigenvalue weighted by Gasteiger charge is 2.40. The first-order chi connectivity index (χ1) is 24.5. The minimum absolute atomic E-state index is 0.0375. The van der Waals surface area contributed by atoms with Crippen molar-refractivity contribution in [2.45, 2.75) is 25.7 Å². The molecule has 0 spiro atoms. The van der Waals surface area contributed by atoms with Gasteiger partial charge in [0.2, 0.25) is 5.36 Å². The molecular weight excluding hydrogens is 620 g/mol. The summed E-state index contributed by atoms with van der Waals surface area (Å²) in [7, 11) is 0. The van der Waals surface area contributed by atoms with Crippen molar-refractivity contribution in [1.82, 2.24) is 4.58 Å². The molecule has 0 fully saturated rings. The Labute approximate surface area is 286 Å². The van der Waals surface area contributed by atoms with Crippen LogP contribution in [0, 0.1) is 17.9 Å². The Kier molecular flexibility index (Phi) is 5.21. The van der Waals surface area contributed by atoms with Crippen molar-refractivity contribution >= 4 is 59.9 Å². The lowest BCUT2D eigenvalue weighted by Gasteiger charge is -2.38. The predicted octanol–water partition coefficient (Wildman–Crippen LogP) is 6.06. The molecule has 238 valence electrons. The molecule has 4 heterocycles. The highest BCUT2D eigenvalue weighted by molar-refractivity contribution is 6.28. The lowest BCUT2D eigenvalue weighted by Crippen LogP contribution is -2.42. The highest BCUT2D eigenvalue weighted by atomic mass is 16.3. The van der Waals surface area contributed by atoms with Crippen LogP contribution < -0.4 is 20.1 Å². The van der Waals surface area contributed by atoms with Gasteiger partial charge in [0.05, 0.1) is 29.1 Å². The molecule has 0 atom stereocenters. The van der Waals surface area contributed by atoms with Crippen LogP contribution in [0.5, 0.6) is 11.5 Å². The Bertz CT molecular complexity index is 2970. The number of benzene rings is 6. The van der Waals surface area contributed by atoms with Gasteiger partial charge in [0, 0.05) is 75.0 Å². The number of phenolic OH excluding ortho intramolecular Hbond substituents is 2. The number of nitriles is 1. The van der Waals surface area contributed by atoms with Crippen molar-refractivity contribution < 1.29 is 15.3 Å². The maximum atomic E-state index is 12.6. The van der Waals surface area contributed by atoms with Crippen LogP contribution in [0.15, 0.2) is 77.7 Å². The topological polar surface area (TPSA) is 95.1 Å². The number of phenols is 2. The molecule has 7 nitrogen and oxygen atoms in total. The number of nitrogens with zero attached hydrogens (tertiary/aromatic N) is 4. The quantitative estimate of drug-likeness (QED) is 0.0872. The van der Waals surface area contributed by atoms with Gasteiger partial charge in [-0.2, -0.15) is 0 Å². The Balaban J connectivity index is 1.40. The third kappa shape index (κ3) is 3.16. The van der Waals surface area contributed by atoms with E-state index in [-0.39, 0.29) is 23.0 Å². The molecule has 0 radical (unpaired) electrons. The zero-order chi connectivity index (χ0) is 33.6. The first-order valence-electron chi connectivity index (χ1n) is 17.3. The molecule has 0 bridgehead atoms. The lowest BCUT2D eigenvalue weighted by atomic mass is 9.72. The van der Waals surface area contributed by atoms with Crippen molar-refractivity contribution in [3.05, 3.63) is 128 Å². The Hall–Kier alpha value is -6.31. The number of hydrogen-bond donors (Lipinski definition) is 3. The number of aliphatic hydroxyl groups excluding tert-OH is 1. The molecular formula is C43H29N4O3+. The molecule has 0 saturated heterocycles. The van der Waals surface area contributed by atoms with Gasteiger partial charge in [0.1, 0.15) is 30.3 Å². The zero-order valence-corrected chi connectivity index (χ0v) is 27.1. The molecule has 11 rings (SSSR count). The normalized spacial score (nSPS) is 19.1. The van der Waals surface area contributed by atoms with Crippen molar-refractivity contribution in [1.29, 1.82) is 5.26 Å². The van der Waals surface area contributed by atoms with Crippen LogP contribution in [0.4, 0.5) is 5.69 Å². The van der Waals surface area contributed by atoms with Crippen LogP contribution >= 0.6 is 0 Å². The monoisotopic (exact) mass is 649 g/mol. The van der Waals surface area contributed by atoms with E-state index in [1.165, 1.54) is 11.1 Å². The smallest absolute Gasteiger partial charge is 0.270 e. The van der Waals surface area contributed by atoms with E-state index in [9.17, 15) is 20.6 Å². The lowest BCUT2D eigenvalue weighted by molar-refractivity contribution is 0.434. The molecule has 7 heteroatoms. The van der Waals surface area contributed by atoms with Crippen LogP contribution in [-0.2, 0) is 25.7 Å². The van der Waals surface area contributed by atoms with Crippen molar-refractivity contribution in [3.8, 4) is 17.6 Å². The Morgan fingerprint density at radius 3 is 2.04 bits per heavy atom. The minimum atomic E-state index is -0.135. The number of hydrogen-bond acceptors (Lipinski definition) is 5. The molecule has 0 unspecified atom stereocenters. The van der Waals surface area contributed by atoms with Gasteiger partial charge in [-0.25, -0.2) is 14.7 Å². The zero-order valence-electron chi connectivity index (χ0n) is 27.1. The van der Waals surface area contributed by atoms with Crippen LogP contribution in [0.3, 0.4) is 0 Å². The summed E-state index contributed by atoms with van der Waals surface area (Å²) in [5.41, 5.74) is 7.44. The minimum Gasteiger partial charge on any atom is -0.507 e. The molecule has 5 aliphatic rings. The summed E-state index contributed by atoms with van der Waals surface area (Å²) in [5.74, 6) is 0.158. The summed E-state index contributed by atoms with van der Waals surface area (Å²) in [6.45, 7) is 11.8. The van der Waals surface area contributed by atoms with E-state index >= 15 is 0 Å². The summed E-state index contributed by atoms with van der Waals surface area (Å²) in [5, 5.41) is 55.4. The molecule has 0 saturated carbocycles. The fourth-order valence-electron chi connectivity index (χ4n) is 9.97. The number of anilines is 1. The third-order valence-corrected chi connectivity index (χ3v) is 12.0. The van der Waals surface area contributed by atoms with Crippen LogP contribution in [0.25, 0.3) is 59.1 Å². The van der Waals surface area contributed by atoms with Crippen molar-refractivity contribution in [2.75, 3.05) is 31.1 Å². The van der Waals surface area contributed by atoms with Gasteiger partial charge in [-0.3, -0.25) is 0 Å². The van der Waals surface area contributed by atoms with E-state index in [1.54, 1.807) is 12.1 Å². The number of aromatic hydroxyl groups is 2. The summed E-state index contributed by atoms with van der Waals surface area (Å²) in [6.07, 6.45) is 3.42. The summed E-state index contributed by atoms with van der Waals surface area (Å²) in [6, 6.07) is 22.0. The highest BCUT2D eigenvalue weighted by Crippen LogP contribution is 2.56. The molecule has 3 N–H and O–H groups in total. The van der Waals surface area contributed by atoms with Crippen LogP contribution in [0.1, 0.15) is 27.8 Å². The summed E-state index contributed by atoms with van der Waals surface area (Å²) >= 11 is 0. The molecule has 6 aromatic carbocycles. The van der Waals surface area contributed by atoms with E-state index < -0.39 is 0 Å². The van der Waals surface area contributed by atoms with Gasteiger partial charge in [0.25, 0.3) is 5.70 Å². The molecule has 4 aliphatic heterocycles. The second-order valence-corrected chi connectivity index (χ2v) is 14.1. The summed E-state index contributed by atoms with van der Waals surface area (Å²) in [4.78, 5) is 6.16. The summed E-state index contributed by atoms with van der Waals surface area (Å²) < 4.78 is 2.41. The van der Waals surface area contributed by atoms with E-state index in [4.69, 9.17) is 6.57 Å². The average molecular weight is 650 g/mol. The molecule has 50 heavy (non-hydrogen) atoms. The van der Waals surface area contributed by atoms with E-state index in [0.29, 0.717) is 38.3 Å². The van der Waals surface area contributed by atoms with Gasteiger partial charge in [-0.05, 0) is 58.0 Å². The second kappa shape index (κ2) is 9.43. The number of allylic oxidation sites excluding steroid dienone is 3. The fourth-order valence-corrected chi connectivity index (χ4v) is 9.97. The molecule has 1 aliphatic carbocycles. The van der Waals surface area contributed by atoms with Gasteiger partial charge in [0.15, 0.2) is 0 Å².